The monoisotopic (exact) mass is 368 g/mol. The fraction of sp³-hybridized carbons (Fsp3) is 0.0345. The van der Waals surface area contributed by atoms with Gasteiger partial charge in [0.25, 0.3) is 0 Å². The van der Waals surface area contributed by atoms with E-state index < -0.39 is 0 Å². The van der Waals surface area contributed by atoms with Gasteiger partial charge in [0.15, 0.2) is 0 Å². The molecule has 0 amide bonds. The van der Waals surface area contributed by atoms with Crippen molar-refractivity contribution in [1.29, 1.82) is 0 Å². The van der Waals surface area contributed by atoms with Crippen molar-refractivity contribution < 1.29 is 0 Å². The lowest BCUT2D eigenvalue weighted by molar-refractivity contribution is 1.46. The van der Waals surface area contributed by atoms with Gasteiger partial charge in [-0.2, -0.15) is 0 Å². The van der Waals surface area contributed by atoms with Crippen LogP contribution in [-0.4, -0.2) is 0 Å². The summed E-state index contributed by atoms with van der Waals surface area (Å²) in [6.45, 7) is 2.12. The van der Waals surface area contributed by atoms with E-state index in [2.05, 4.69) is 104 Å². The largest absolute Gasteiger partial charge is 0.0622 e. The molecule has 1 aliphatic rings. The highest BCUT2D eigenvalue weighted by Crippen LogP contribution is 2.47. The molecule has 0 saturated carbocycles. The molecule has 0 nitrogen and oxygen atoms in total. The van der Waals surface area contributed by atoms with Gasteiger partial charge in [-0.15, -0.1) is 0 Å². The molecule has 0 radical (unpaired) electrons. The summed E-state index contributed by atoms with van der Waals surface area (Å²) in [5.74, 6) is 6.91. The zero-order valence-corrected chi connectivity index (χ0v) is 16.3. The maximum Gasteiger partial charge on any atom is 0.0406 e. The summed E-state index contributed by atoms with van der Waals surface area (Å²) in [5, 5.41) is 0. The van der Waals surface area contributed by atoms with Crippen molar-refractivity contribution in [3.8, 4) is 23.0 Å². The highest BCUT2D eigenvalue weighted by Gasteiger charge is 2.25. The van der Waals surface area contributed by atoms with Crippen molar-refractivity contribution in [2.45, 2.75) is 6.92 Å². The van der Waals surface area contributed by atoms with Crippen molar-refractivity contribution in [3.63, 3.8) is 0 Å². The minimum absolute atomic E-state index is 1.03. The summed E-state index contributed by atoms with van der Waals surface area (Å²) in [4.78, 5) is 0. The fourth-order valence-corrected chi connectivity index (χ4v) is 3.94. The first-order valence-electron chi connectivity index (χ1n) is 9.89. The molecule has 136 valence electrons. The second-order valence-corrected chi connectivity index (χ2v) is 7.32. The molecule has 4 aromatic rings. The van der Waals surface area contributed by atoms with E-state index in [4.69, 9.17) is 0 Å². The first-order valence-corrected chi connectivity index (χ1v) is 9.89. The number of hydrogen-bond donors (Lipinski definition) is 0. The number of aryl methyl sites for hydroxylation is 1. The van der Waals surface area contributed by atoms with Crippen LogP contribution in [0.4, 0.5) is 0 Å². The quantitative estimate of drug-likeness (QED) is 0.280. The minimum atomic E-state index is 1.03. The number of fused-ring (bicyclic) bond motifs is 3. The molecular weight excluding hydrogens is 348 g/mol. The predicted octanol–water partition coefficient (Wildman–Crippen LogP) is 6.99. The van der Waals surface area contributed by atoms with Crippen molar-refractivity contribution in [2.75, 3.05) is 0 Å². The first kappa shape index (κ1) is 17.3. The molecule has 0 aromatic heterocycles. The maximum absolute atomic E-state index is 3.53. The van der Waals surface area contributed by atoms with E-state index in [0.29, 0.717) is 0 Å². The van der Waals surface area contributed by atoms with Crippen LogP contribution >= 0.6 is 0 Å². The van der Waals surface area contributed by atoms with Crippen LogP contribution in [0, 0.1) is 18.8 Å². The van der Waals surface area contributed by atoms with Gasteiger partial charge in [0, 0.05) is 16.7 Å². The zero-order chi connectivity index (χ0) is 19.6. The van der Waals surface area contributed by atoms with E-state index >= 15 is 0 Å². The Bertz CT molecular complexity index is 1230. The zero-order valence-electron chi connectivity index (χ0n) is 16.3. The summed E-state index contributed by atoms with van der Waals surface area (Å²) < 4.78 is 0. The van der Waals surface area contributed by atoms with E-state index in [1.165, 1.54) is 33.4 Å². The lowest BCUT2D eigenvalue weighted by Crippen LogP contribution is -1.91. The average molecular weight is 368 g/mol. The molecule has 0 heterocycles. The second kappa shape index (κ2) is 7.30. The lowest BCUT2D eigenvalue weighted by atomic mass is 9.92. The molecule has 0 heteroatoms. The van der Waals surface area contributed by atoms with Crippen molar-refractivity contribution >= 4 is 11.1 Å². The predicted molar refractivity (Wildman–Crippen MR) is 122 cm³/mol. The minimum Gasteiger partial charge on any atom is -0.0622 e. The molecule has 0 fully saturated rings. The summed E-state index contributed by atoms with van der Waals surface area (Å²) in [5.41, 5.74) is 10.8. The summed E-state index contributed by atoms with van der Waals surface area (Å²) in [6.07, 6.45) is 0. The third-order valence-electron chi connectivity index (χ3n) is 5.38. The summed E-state index contributed by atoms with van der Waals surface area (Å²) in [6, 6.07) is 36.2. The van der Waals surface area contributed by atoms with Crippen molar-refractivity contribution in [3.05, 3.63) is 131 Å². The number of hydrogen-bond acceptors (Lipinski definition) is 0. The Kier molecular flexibility index (Phi) is 4.35. The van der Waals surface area contributed by atoms with Gasteiger partial charge in [0.05, 0.1) is 0 Å². The highest BCUT2D eigenvalue weighted by atomic mass is 14.3. The molecule has 4 aromatic carbocycles. The summed E-state index contributed by atoms with van der Waals surface area (Å²) >= 11 is 0. The van der Waals surface area contributed by atoms with E-state index in [1.54, 1.807) is 0 Å². The van der Waals surface area contributed by atoms with Crippen LogP contribution in [0.5, 0.6) is 0 Å². The van der Waals surface area contributed by atoms with Crippen LogP contribution in [-0.2, 0) is 0 Å². The average Bonchev–Trinajstić information content (AvgIpc) is 3.11. The third kappa shape index (κ3) is 3.18. The van der Waals surface area contributed by atoms with Crippen molar-refractivity contribution in [1.82, 2.24) is 0 Å². The molecule has 1 aliphatic carbocycles. The van der Waals surface area contributed by atoms with E-state index in [-0.39, 0.29) is 0 Å². The number of allylic oxidation sites excluding steroid dienone is 1. The third-order valence-corrected chi connectivity index (χ3v) is 5.38. The Morgan fingerprint density at radius 3 is 1.66 bits per heavy atom. The molecule has 0 unspecified atom stereocenters. The van der Waals surface area contributed by atoms with Gasteiger partial charge < -0.3 is 0 Å². The second-order valence-electron chi connectivity index (χ2n) is 7.32. The van der Waals surface area contributed by atoms with E-state index in [1.807, 2.05) is 18.2 Å². The molecule has 0 aliphatic heterocycles. The van der Waals surface area contributed by atoms with Gasteiger partial charge in [-0.05, 0) is 46.9 Å². The van der Waals surface area contributed by atoms with Crippen LogP contribution in [0.2, 0.25) is 0 Å². The summed E-state index contributed by atoms with van der Waals surface area (Å²) in [7, 11) is 0. The molecule has 0 saturated heterocycles. The highest BCUT2D eigenvalue weighted by molar-refractivity contribution is 6.13. The van der Waals surface area contributed by atoms with Crippen LogP contribution < -0.4 is 0 Å². The Labute approximate surface area is 172 Å². The number of rotatable bonds is 1. The Hall–Kier alpha value is -3.82. The standard InChI is InChI=1S/C29H20/c1-21-15-18-23(19-16-21)24(20-17-22-9-3-2-4-10-22)29-27-13-7-5-11-25(27)26-12-6-8-14-28(26)29/h2-16,18-19H,1H3. The SMILES string of the molecule is Cc1ccc(C(C#Cc2ccccc2)=C2c3ccccc3-c3ccccc32)cc1. The molecular formula is C29H20. The van der Waals surface area contributed by atoms with Crippen LogP contribution in [0.3, 0.4) is 0 Å². The molecule has 0 spiro atoms. The van der Waals surface area contributed by atoms with Crippen LogP contribution in [0.25, 0.3) is 22.3 Å². The molecule has 0 atom stereocenters. The Morgan fingerprint density at radius 1 is 0.552 bits per heavy atom. The molecule has 5 rings (SSSR count). The number of benzene rings is 4. The van der Waals surface area contributed by atoms with Crippen LogP contribution in [0.1, 0.15) is 27.8 Å². The van der Waals surface area contributed by atoms with Gasteiger partial charge in [-0.25, -0.2) is 0 Å². The Morgan fingerprint density at radius 2 is 1.07 bits per heavy atom. The Balaban J connectivity index is 1.82. The van der Waals surface area contributed by atoms with Gasteiger partial charge in [-0.1, -0.05) is 108 Å². The molecule has 0 N–H and O–H groups in total. The lowest BCUT2D eigenvalue weighted by Gasteiger charge is -2.10. The smallest absolute Gasteiger partial charge is 0.0406 e. The van der Waals surface area contributed by atoms with Gasteiger partial charge in [-0.3, -0.25) is 0 Å². The normalized spacial score (nSPS) is 11.3. The van der Waals surface area contributed by atoms with Crippen LogP contribution in [0.15, 0.2) is 103 Å². The van der Waals surface area contributed by atoms with Gasteiger partial charge >= 0.3 is 0 Å². The van der Waals surface area contributed by atoms with E-state index in [0.717, 1.165) is 16.7 Å². The molecule has 29 heavy (non-hydrogen) atoms. The van der Waals surface area contributed by atoms with E-state index in [9.17, 15) is 0 Å². The maximum atomic E-state index is 3.53. The van der Waals surface area contributed by atoms with Gasteiger partial charge in [0.2, 0.25) is 0 Å². The van der Waals surface area contributed by atoms with Gasteiger partial charge in [0.1, 0.15) is 0 Å². The first-order chi connectivity index (χ1) is 14.3. The molecule has 0 bridgehead atoms. The van der Waals surface area contributed by atoms with Crippen molar-refractivity contribution in [2.24, 2.45) is 0 Å². The fourth-order valence-electron chi connectivity index (χ4n) is 3.94. The topological polar surface area (TPSA) is 0 Å².